The van der Waals surface area contributed by atoms with E-state index in [1.165, 1.54) is 30.7 Å². The number of anilines is 2. The number of rotatable bonds is 4. The number of aromatic nitrogens is 4. The van der Waals surface area contributed by atoms with Crippen molar-refractivity contribution < 1.29 is 20.1 Å². The SMILES string of the molecule is CC1(O)C(O)C(CO)OC1n1cnc2c(NC3CCCC3)nc(N)nc21. The first-order valence-corrected chi connectivity index (χ1v) is 8.85. The van der Waals surface area contributed by atoms with E-state index in [1.54, 1.807) is 0 Å². The van der Waals surface area contributed by atoms with Crippen LogP contribution < -0.4 is 11.1 Å². The zero-order valence-electron chi connectivity index (χ0n) is 14.5. The molecule has 2 aliphatic rings. The summed E-state index contributed by atoms with van der Waals surface area (Å²) in [5.41, 5.74) is 5.17. The number of aliphatic hydroxyl groups is 3. The Kier molecular flexibility index (Phi) is 4.22. The number of nitrogens with two attached hydrogens (primary N) is 1. The van der Waals surface area contributed by atoms with Gasteiger partial charge < -0.3 is 31.1 Å². The fraction of sp³-hybridized carbons (Fsp3) is 0.688. The molecule has 3 heterocycles. The molecule has 10 nitrogen and oxygen atoms in total. The first-order chi connectivity index (χ1) is 12.4. The highest BCUT2D eigenvalue weighted by atomic mass is 16.6. The smallest absolute Gasteiger partial charge is 0.224 e. The van der Waals surface area contributed by atoms with Gasteiger partial charge in [-0.05, 0) is 19.8 Å². The summed E-state index contributed by atoms with van der Waals surface area (Å²) in [6, 6.07) is 0.323. The molecule has 6 N–H and O–H groups in total. The lowest BCUT2D eigenvalue weighted by molar-refractivity contribution is -0.0950. The van der Waals surface area contributed by atoms with Gasteiger partial charge in [-0.25, -0.2) is 4.98 Å². The molecule has 1 saturated heterocycles. The van der Waals surface area contributed by atoms with Crippen LogP contribution in [0.15, 0.2) is 6.33 Å². The third-order valence-corrected chi connectivity index (χ3v) is 5.32. The largest absolute Gasteiger partial charge is 0.394 e. The standard InChI is InChI=1S/C16H24N6O4/c1-16(25)11(24)9(6-23)26-14(16)22-7-18-10-12(19-8-4-2-3-5-8)20-15(17)21-13(10)22/h7-9,11,14,23-25H,2-6H2,1H3,(H3,17,19,20,21). The van der Waals surface area contributed by atoms with Crippen molar-refractivity contribution in [2.75, 3.05) is 17.7 Å². The van der Waals surface area contributed by atoms with Crippen LogP contribution in [-0.4, -0.2) is 65.3 Å². The maximum absolute atomic E-state index is 10.7. The van der Waals surface area contributed by atoms with Gasteiger partial charge in [-0.2, -0.15) is 9.97 Å². The molecule has 0 radical (unpaired) electrons. The molecule has 4 unspecified atom stereocenters. The minimum atomic E-state index is -1.63. The van der Waals surface area contributed by atoms with Crippen molar-refractivity contribution in [3.63, 3.8) is 0 Å². The number of nitrogens with zero attached hydrogens (tertiary/aromatic N) is 4. The maximum atomic E-state index is 10.7. The predicted molar refractivity (Wildman–Crippen MR) is 93.2 cm³/mol. The average molecular weight is 364 g/mol. The summed E-state index contributed by atoms with van der Waals surface area (Å²) in [6.07, 6.45) is 2.85. The van der Waals surface area contributed by atoms with Gasteiger partial charge in [0.15, 0.2) is 23.2 Å². The zero-order valence-corrected chi connectivity index (χ0v) is 14.5. The van der Waals surface area contributed by atoms with Gasteiger partial charge in [0.05, 0.1) is 12.9 Å². The molecule has 4 rings (SSSR count). The molecule has 0 bridgehead atoms. The fourth-order valence-corrected chi connectivity index (χ4v) is 3.86. The van der Waals surface area contributed by atoms with Crippen molar-refractivity contribution in [2.24, 2.45) is 0 Å². The molecule has 1 aliphatic heterocycles. The van der Waals surface area contributed by atoms with Crippen LogP contribution in [0.1, 0.15) is 38.8 Å². The number of hydrogen-bond acceptors (Lipinski definition) is 9. The average Bonchev–Trinajstić information content (AvgIpc) is 3.29. The number of ether oxygens (including phenoxy) is 1. The van der Waals surface area contributed by atoms with Crippen LogP contribution >= 0.6 is 0 Å². The van der Waals surface area contributed by atoms with Gasteiger partial charge in [0, 0.05) is 6.04 Å². The van der Waals surface area contributed by atoms with Crippen LogP contribution in [0.2, 0.25) is 0 Å². The summed E-state index contributed by atoms with van der Waals surface area (Å²) in [7, 11) is 0. The summed E-state index contributed by atoms with van der Waals surface area (Å²) < 4.78 is 7.18. The second-order valence-electron chi connectivity index (χ2n) is 7.26. The maximum Gasteiger partial charge on any atom is 0.224 e. The van der Waals surface area contributed by atoms with Crippen LogP contribution in [0.4, 0.5) is 11.8 Å². The third-order valence-electron chi connectivity index (χ3n) is 5.32. The zero-order chi connectivity index (χ0) is 18.5. The van der Waals surface area contributed by atoms with E-state index in [9.17, 15) is 15.3 Å². The van der Waals surface area contributed by atoms with E-state index in [0.717, 1.165) is 12.8 Å². The molecule has 0 aromatic carbocycles. The van der Waals surface area contributed by atoms with Crippen molar-refractivity contribution in [3.8, 4) is 0 Å². The lowest BCUT2D eigenvalue weighted by Crippen LogP contribution is -2.44. The van der Waals surface area contributed by atoms with Gasteiger partial charge in [0.2, 0.25) is 5.95 Å². The van der Waals surface area contributed by atoms with Crippen LogP contribution in [0.3, 0.4) is 0 Å². The third kappa shape index (κ3) is 2.69. The summed E-state index contributed by atoms with van der Waals surface area (Å²) in [4.78, 5) is 12.9. The molecule has 2 aromatic rings. The highest BCUT2D eigenvalue weighted by molar-refractivity contribution is 5.84. The summed E-state index contributed by atoms with van der Waals surface area (Å²) in [5, 5.41) is 33.7. The van der Waals surface area contributed by atoms with Crippen molar-refractivity contribution in [2.45, 2.75) is 62.7 Å². The minimum absolute atomic E-state index is 0.0802. The van der Waals surface area contributed by atoms with Gasteiger partial charge in [-0.1, -0.05) is 12.8 Å². The Morgan fingerprint density at radius 2 is 2.12 bits per heavy atom. The van der Waals surface area contributed by atoms with Gasteiger partial charge >= 0.3 is 0 Å². The number of nitrogens with one attached hydrogen (secondary N) is 1. The summed E-state index contributed by atoms with van der Waals surface area (Å²) in [6.45, 7) is 1.04. The van der Waals surface area contributed by atoms with Crippen LogP contribution in [0.5, 0.6) is 0 Å². The Hall–Kier alpha value is -2.01. The number of aliphatic hydroxyl groups excluding tert-OH is 2. The normalized spacial score (nSPS) is 32.5. The fourth-order valence-electron chi connectivity index (χ4n) is 3.86. The molecule has 0 amide bonds. The van der Waals surface area contributed by atoms with E-state index >= 15 is 0 Å². The molecule has 1 saturated carbocycles. The Morgan fingerprint density at radius 1 is 1.38 bits per heavy atom. The van der Waals surface area contributed by atoms with Crippen molar-refractivity contribution in [1.82, 2.24) is 19.5 Å². The Morgan fingerprint density at radius 3 is 2.77 bits per heavy atom. The van der Waals surface area contributed by atoms with Crippen LogP contribution in [0.25, 0.3) is 11.2 Å². The Labute approximate surface area is 150 Å². The van der Waals surface area contributed by atoms with Crippen LogP contribution in [0, 0.1) is 0 Å². The topological polar surface area (TPSA) is 152 Å². The minimum Gasteiger partial charge on any atom is -0.394 e. The molecule has 142 valence electrons. The van der Waals surface area contributed by atoms with Gasteiger partial charge in [-0.3, -0.25) is 4.57 Å². The van der Waals surface area contributed by atoms with Crippen LogP contribution in [-0.2, 0) is 4.74 Å². The van der Waals surface area contributed by atoms with E-state index in [4.69, 9.17) is 10.5 Å². The highest BCUT2D eigenvalue weighted by Gasteiger charge is 2.53. The highest BCUT2D eigenvalue weighted by Crippen LogP contribution is 2.39. The molecule has 10 heteroatoms. The monoisotopic (exact) mass is 364 g/mol. The number of nitrogen functional groups attached to an aromatic ring is 1. The van der Waals surface area contributed by atoms with E-state index in [2.05, 4.69) is 20.3 Å². The van der Waals surface area contributed by atoms with Crippen molar-refractivity contribution in [3.05, 3.63) is 6.33 Å². The summed E-state index contributed by atoms with van der Waals surface area (Å²) >= 11 is 0. The van der Waals surface area contributed by atoms with E-state index < -0.39 is 30.6 Å². The predicted octanol–water partition coefficient (Wildman–Crippen LogP) is -0.235. The van der Waals surface area contributed by atoms with Gasteiger partial charge in [0.1, 0.15) is 17.8 Å². The molecular weight excluding hydrogens is 340 g/mol. The Bertz CT molecular complexity index is 803. The quantitative estimate of drug-likeness (QED) is 0.495. The molecule has 1 aliphatic carbocycles. The van der Waals surface area contributed by atoms with E-state index in [-0.39, 0.29) is 5.95 Å². The van der Waals surface area contributed by atoms with Gasteiger partial charge in [0.25, 0.3) is 0 Å². The second kappa shape index (κ2) is 6.31. The van der Waals surface area contributed by atoms with E-state index in [0.29, 0.717) is 23.0 Å². The molecule has 2 fully saturated rings. The van der Waals surface area contributed by atoms with Crippen molar-refractivity contribution in [1.29, 1.82) is 0 Å². The number of fused-ring (bicyclic) bond motifs is 1. The summed E-state index contributed by atoms with van der Waals surface area (Å²) in [5.74, 6) is 0.631. The lowest BCUT2D eigenvalue weighted by atomic mass is 9.96. The van der Waals surface area contributed by atoms with E-state index in [1.807, 2.05) is 0 Å². The molecular formula is C16H24N6O4. The molecule has 2 aromatic heterocycles. The van der Waals surface area contributed by atoms with Gasteiger partial charge in [-0.15, -0.1) is 0 Å². The molecule has 0 spiro atoms. The first-order valence-electron chi connectivity index (χ1n) is 8.85. The van der Waals surface area contributed by atoms with Crippen molar-refractivity contribution >= 4 is 22.9 Å². The lowest BCUT2D eigenvalue weighted by Gasteiger charge is -2.27. The molecule has 4 atom stereocenters. The number of hydrogen-bond donors (Lipinski definition) is 5. The second-order valence-corrected chi connectivity index (χ2v) is 7.26. The Balaban J connectivity index is 1.74. The first kappa shape index (κ1) is 17.4. The molecule has 26 heavy (non-hydrogen) atoms. The number of imidazole rings is 1.